The molecule has 17 heavy (non-hydrogen) atoms. The predicted molar refractivity (Wildman–Crippen MR) is 65.3 cm³/mol. The van der Waals surface area contributed by atoms with Gasteiger partial charge in [0.2, 0.25) is 0 Å². The average Bonchev–Trinajstić information content (AvgIpc) is 2.38. The van der Waals surface area contributed by atoms with Crippen LogP contribution in [0, 0.1) is 11.8 Å². The zero-order chi connectivity index (χ0) is 12.7. The molecule has 88 valence electrons. The predicted octanol–water partition coefficient (Wildman–Crippen LogP) is 2.08. The second-order valence-corrected chi connectivity index (χ2v) is 3.22. The standard InChI is InChI=1S/C14H14O3/c1-4-13(16-2)12-8-6-5-7-11(12)9-10-14(15)17-3/h4-8,13H,1H2,2-3H3. The van der Waals surface area contributed by atoms with Crippen molar-refractivity contribution in [3.63, 3.8) is 0 Å². The summed E-state index contributed by atoms with van der Waals surface area (Å²) in [4.78, 5) is 11.0. The molecule has 1 aromatic carbocycles. The van der Waals surface area contributed by atoms with Gasteiger partial charge >= 0.3 is 5.97 Å². The molecule has 0 fully saturated rings. The Bertz CT molecular complexity index is 466. The van der Waals surface area contributed by atoms with Crippen molar-refractivity contribution in [3.05, 3.63) is 48.0 Å². The summed E-state index contributed by atoms with van der Waals surface area (Å²) in [6, 6.07) is 7.44. The fourth-order valence-electron chi connectivity index (χ4n) is 1.38. The summed E-state index contributed by atoms with van der Waals surface area (Å²) in [7, 11) is 2.89. The Hall–Kier alpha value is -2.05. The SMILES string of the molecule is C=CC(OC)c1ccccc1C#CC(=O)OC. The van der Waals surface area contributed by atoms with Crippen LogP contribution in [-0.4, -0.2) is 20.2 Å². The van der Waals surface area contributed by atoms with Crippen LogP contribution in [0.25, 0.3) is 0 Å². The number of rotatable bonds is 3. The Kier molecular flexibility index (Phi) is 4.99. The molecule has 0 amide bonds. The second-order valence-electron chi connectivity index (χ2n) is 3.22. The van der Waals surface area contributed by atoms with E-state index in [4.69, 9.17) is 4.74 Å². The van der Waals surface area contributed by atoms with Crippen LogP contribution < -0.4 is 0 Å². The van der Waals surface area contributed by atoms with Crippen LogP contribution in [0.15, 0.2) is 36.9 Å². The average molecular weight is 230 g/mol. The Labute approximate surface area is 101 Å². The molecule has 0 spiro atoms. The Balaban J connectivity index is 3.10. The summed E-state index contributed by atoms with van der Waals surface area (Å²) >= 11 is 0. The molecule has 0 N–H and O–H groups in total. The van der Waals surface area contributed by atoms with Gasteiger partial charge < -0.3 is 9.47 Å². The van der Waals surface area contributed by atoms with Crippen molar-refractivity contribution < 1.29 is 14.3 Å². The van der Waals surface area contributed by atoms with Crippen molar-refractivity contribution in [2.75, 3.05) is 14.2 Å². The van der Waals surface area contributed by atoms with E-state index in [1.807, 2.05) is 24.3 Å². The molecule has 0 aliphatic rings. The third-order valence-corrected chi connectivity index (χ3v) is 2.22. The van der Waals surface area contributed by atoms with E-state index in [9.17, 15) is 4.79 Å². The lowest BCUT2D eigenvalue weighted by atomic mass is 10.0. The molecule has 0 radical (unpaired) electrons. The molecule has 1 atom stereocenters. The number of methoxy groups -OCH3 is 2. The van der Waals surface area contributed by atoms with E-state index in [2.05, 4.69) is 23.2 Å². The van der Waals surface area contributed by atoms with Crippen LogP contribution in [0.5, 0.6) is 0 Å². The largest absolute Gasteiger partial charge is 0.459 e. The summed E-state index contributed by atoms with van der Waals surface area (Å²) in [5, 5.41) is 0. The van der Waals surface area contributed by atoms with E-state index >= 15 is 0 Å². The third kappa shape index (κ3) is 3.47. The van der Waals surface area contributed by atoms with Crippen LogP contribution in [0.1, 0.15) is 17.2 Å². The highest BCUT2D eigenvalue weighted by Gasteiger charge is 2.09. The van der Waals surface area contributed by atoms with Crippen molar-refractivity contribution in [3.8, 4) is 11.8 Å². The Morgan fingerprint density at radius 2 is 2.12 bits per heavy atom. The van der Waals surface area contributed by atoms with Crippen molar-refractivity contribution in [2.45, 2.75) is 6.10 Å². The number of benzene rings is 1. The molecule has 0 bridgehead atoms. The molecule has 0 aliphatic heterocycles. The monoisotopic (exact) mass is 230 g/mol. The summed E-state index contributed by atoms with van der Waals surface area (Å²) in [5.74, 6) is 4.59. The Morgan fingerprint density at radius 3 is 2.71 bits per heavy atom. The first-order valence-corrected chi connectivity index (χ1v) is 5.07. The molecule has 0 saturated carbocycles. The maximum atomic E-state index is 11.0. The molecule has 0 aliphatic carbocycles. The summed E-state index contributed by atoms with van der Waals surface area (Å²) in [6.45, 7) is 3.70. The lowest BCUT2D eigenvalue weighted by Gasteiger charge is -2.12. The highest BCUT2D eigenvalue weighted by molar-refractivity contribution is 5.89. The van der Waals surface area contributed by atoms with E-state index in [0.29, 0.717) is 0 Å². The first-order chi connectivity index (χ1) is 8.22. The van der Waals surface area contributed by atoms with E-state index in [1.54, 1.807) is 13.2 Å². The van der Waals surface area contributed by atoms with Gasteiger partial charge in [0.15, 0.2) is 0 Å². The van der Waals surface area contributed by atoms with Gasteiger partial charge in [0.25, 0.3) is 0 Å². The van der Waals surface area contributed by atoms with Gasteiger partial charge in [0.1, 0.15) is 6.10 Å². The zero-order valence-electron chi connectivity index (χ0n) is 9.90. The minimum absolute atomic E-state index is 0.238. The van der Waals surface area contributed by atoms with E-state index in [-0.39, 0.29) is 6.10 Å². The smallest absolute Gasteiger partial charge is 0.384 e. The van der Waals surface area contributed by atoms with Crippen molar-refractivity contribution in [1.82, 2.24) is 0 Å². The third-order valence-electron chi connectivity index (χ3n) is 2.22. The summed E-state index contributed by atoms with van der Waals surface area (Å²) < 4.78 is 9.72. The molecular weight excluding hydrogens is 216 g/mol. The molecule has 1 aromatic rings. The van der Waals surface area contributed by atoms with Crippen LogP contribution in [-0.2, 0) is 14.3 Å². The summed E-state index contributed by atoms with van der Waals surface area (Å²) in [6.07, 6.45) is 1.44. The van der Waals surface area contributed by atoms with E-state index < -0.39 is 5.97 Å². The number of hydrogen-bond acceptors (Lipinski definition) is 3. The van der Waals surface area contributed by atoms with Gasteiger partial charge in [0.05, 0.1) is 7.11 Å². The van der Waals surface area contributed by atoms with Crippen LogP contribution in [0.4, 0.5) is 0 Å². The normalized spacial score (nSPS) is 10.9. The quantitative estimate of drug-likeness (QED) is 0.453. The molecule has 0 heterocycles. The van der Waals surface area contributed by atoms with Gasteiger partial charge in [-0.25, -0.2) is 4.79 Å². The highest BCUT2D eigenvalue weighted by Crippen LogP contribution is 2.20. The molecule has 1 rings (SSSR count). The molecule has 1 unspecified atom stereocenters. The first-order valence-electron chi connectivity index (χ1n) is 5.07. The zero-order valence-corrected chi connectivity index (χ0v) is 9.90. The highest BCUT2D eigenvalue weighted by atomic mass is 16.5. The minimum Gasteiger partial charge on any atom is -0.459 e. The number of ether oxygens (including phenoxy) is 2. The van der Waals surface area contributed by atoms with E-state index in [0.717, 1.165) is 11.1 Å². The molecule has 0 saturated heterocycles. The second kappa shape index (κ2) is 6.51. The number of carbonyl (C=O) groups excluding carboxylic acids is 1. The molecule has 3 heteroatoms. The fraction of sp³-hybridized carbons (Fsp3) is 0.214. The van der Waals surface area contributed by atoms with Gasteiger partial charge in [-0.2, -0.15) is 0 Å². The van der Waals surface area contributed by atoms with Crippen LogP contribution in [0.2, 0.25) is 0 Å². The van der Waals surface area contributed by atoms with Gasteiger partial charge in [0, 0.05) is 24.2 Å². The first kappa shape index (κ1) is 13.0. The van der Waals surface area contributed by atoms with Crippen molar-refractivity contribution in [1.29, 1.82) is 0 Å². The molecule has 0 aromatic heterocycles. The van der Waals surface area contributed by atoms with Gasteiger partial charge in [-0.3, -0.25) is 0 Å². The lowest BCUT2D eigenvalue weighted by molar-refractivity contribution is -0.133. The van der Waals surface area contributed by atoms with Gasteiger partial charge in [-0.1, -0.05) is 30.2 Å². The van der Waals surface area contributed by atoms with E-state index in [1.165, 1.54) is 7.11 Å². The molecular formula is C14H14O3. The number of hydrogen-bond donors (Lipinski definition) is 0. The van der Waals surface area contributed by atoms with Crippen LogP contribution >= 0.6 is 0 Å². The maximum absolute atomic E-state index is 11.0. The maximum Gasteiger partial charge on any atom is 0.384 e. The minimum atomic E-state index is -0.563. The molecule has 3 nitrogen and oxygen atoms in total. The number of esters is 1. The summed E-state index contributed by atoms with van der Waals surface area (Å²) in [5.41, 5.74) is 1.60. The van der Waals surface area contributed by atoms with Crippen molar-refractivity contribution >= 4 is 5.97 Å². The topological polar surface area (TPSA) is 35.5 Å². The Morgan fingerprint density at radius 1 is 1.41 bits per heavy atom. The fourth-order valence-corrected chi connectivity index (χ4v) is 1.38. The van der Waals surface area contributed by atoms with Gasteiger partial charge in [-0.15, -0.1) is 6.58 Å². The van der Waals surface area contributed by atoms with Crippen LogP contribution in [0.3, 0.4) is 0 Å². The number of carbonyl (C=O) groups is 1. The van der Waals surface area contributed by atoms with Crippen molar-refractivity contribution in [2.24, 2.45) is 0 Å². The van der Waals surface area contributed by atoms with Gasteiger partial charge in [-0.05, 0) is 6.07 Å². The lowest BCUT2D eigenvalue weighted by Crippen LogP contribution is -2.01.